The van der Waals surface area contributed by atoms with E-state index in [1.54, 1.807) is 17.8 Å². The topological polar surface area (TPSA) is 77.8 Å². The Morgan fingerprint density at radius 1 is 1.28 bits per heavy atom. The van der Waals surface area contributed by atoms with Crippen LogP contribution in [0.2, 0.25) is 0 Å². The van der Waals surface area contributed by atoms with Crippen molar-refractivity contribution in [3.05, 3.63) is 34.4 Å². The second kappa shape index (κ2) is 4.51. The maximum Gasteiger partial charge on any atom is 0.258 e. The standard InChI is InChI=1S/C11H7BrN4OS/c12-7-1-6(2-8(13)3-7)11-15-10(16-17-11)9-4-14-5-18-9/h1-5H,13H2. The molecule has 0 aliphatic carbocycles. The SMILES string of the molecule is Nc1cc(Br)cc(-c2nc(-c3cncs3)no2)c1. The molecule has 0 aliphatic heterocycles. The molecule has 0 unspecified atom stereocenters. The average Bonchev–Trinajstić information content (AvgIpc) is 2.99. The van der Waals surface area contributed by atoms with Crippen molar-refractivity contribution in [2.24, 2.45) is 0 Å². The van der Waals surface area contributed by atoms with Crippen LogP contribution in [-0.2, 0) is 0 Å². The van der Waals surface area contributed by atoms with E-state index in [1.165, 1.54) is 11.3 Å². The molecule has 3 aromatic rings. The minimum Gasteiger partial charge on any atom is -0.399 e. The van der Waals surface area contributed by atoms with Crippen molar-refractivity contribution in [2.75, 3.05) is 5.73 Å². The molecular weight excluding hydrogens is 316 g/mol. The van der Waals surface area contributed by atoms with Crippen LogP contribution in [-0.4, -0.2) is 15.1 Å². The van der Waals surface area contributed by atoms with Gasteiger partial charge in [0, 0.05) is 21.9 Å². The first-order valence-electron chi connectivity index (χ1n) is 5.01. The number of nitrogens with zero attached hydrogens (tertiary/aromatic N) is 3. The summed E-state index contributed by atoms with van der Waals surface area (Å²) in [6, 6.07) is 5.47. The molecule has 0 saturated carbocycles. The number of nitrogens with two attached hydrogens (primary N) is 1. The zero-order valence-electron chi connectivity index (χ0n) is 9.00. The van der Waals surface area contributed by atoms with E-state index in [-0.39, 0.29) is 0 Å². The predicted molar refractivity (Wildman–Crippen MR) is 73.0 cm³/mol. The lowest BCUT2D eigenvalue weighted by atomic mass is 10.2. The van der Waals surface area contributed by atoms with Gasteiger partial charge in [0.15, 0.2) is 0 Å². The van der Waals surface area contributed by atoms with E-state index in [0.29, 0.717) is 17.4 Å². The molecule has 0 spiro atoms. The number of hydrogen-bond donors (Lipinski definition) is 1. The quantitative estimate of drug-likeness (QED) is 0.733. The van der Waals surface area contributed by atoms with Crippen LogP contribution in [0.15, 0.2) is 38.9 Å². The van der Waals surface area contributed by atoms with Crippen LogP contribution in [0.4, 0.5) is 5.69 Å². The van der Waals surface area contributed by atoms with Gasteiger partial charge in [-0.3, -0.25) is 4.98 Å². The smallest absolute Gasteiger partial charge is 0.258 e. The van der Waals surface area contributed by atoms with Crippen molar-refractivity contribution in [1.29, 1.82) is 0 Å². The number of halogens is 1. The minimum absolute atomic E-state index is 0.436. The minimum atomic E-state index is 0.436. The fourth-order valence-corrected chi connectivity index (χ4v) is 2.56. The van der Waals surface area contributed by atoms with Crippen LogP contribution in [0, 0.1) is 0 Å². The Bertz CT molecular complexity index is 660. The van der Waals surface area contributed by atoms with Gasteiger partial charge < -0.3 is 10.3 Å². The first kappa shape index (κ1) is 11.4. The molecule has 2 heterocycles. The zero-order chi connectivity index (χ0) is 12.5. The van der Waals surface area contributed by atoms with E-state index in [9.17, 15) is 0 Å². The number of benzene rings is 1. The normalized spacial score (nSPS) is 10.7. The molecule has 2 aromatic heterocycles. The second-order valence-electron chi connectivity index (χ2n) is 3.56. The van der Waals surface area contributed by atoms with Gasteiger partial charge >= 0.3 is 0 Å². The highest BCUT2D eigenvalue weighted by atomic mass is 79.9. The summed E-state index contributed by atoms with van der Waals surface area (Å²) >= 11 is 4.84. The third kappa shape index (κ3) is 2.14. The molecule has 0 aliphatic rings. The fraction of sp³-hybridized carbons (Fsp3) is 0. The maximum absolute atomic E-state index is 5.77. The van der Waals surface area contributed by atoms with Gasteiger partial charge in [-0.1, -0.05) is 21.1 Å². The van der Waals surface area contributed by atoms with Crippen LogP contribution in [0.5, 0.6) is 0 Å². The van der Waals surface area contributed by atoms with Crippen LogP contribution < -0.4 is 5.73 Å². The van der Waals surface area contributed by atoms with E-state index < -0.39 is 0 Å². The molecular formula is C11H7BrN4OS. The van der Waals surface area contributed by atoms with Crippen LogP contribution in [0.3, 0.4) is 0 Å². The number of nitrogen functional groups attached to an aromatic ring is 1. The Hall–Kier alpha value is -1.73. The summed E-state index contributed by atoms with van der Waals surface area (Å²) < 4.78 is 6.10. The zero-order valence-corrected chi connectivity index (χ0v) is 11.4. The Balaban J connectivity index is 2.03. The van der Waals surface area contributed by atoms with E-state index in [0.717, 1.165) is 14.9 Å². The summed E-state index contributed by atoms with van der Waals surface area (Å²) in [5, 5.41) is 3.92. The highest BCUT2D eigenvalue weighted by Gasteiger charge is 2.12. The van der Waals surface area contributed by atoms with Gasteiger partial charge in [0.2, 0.25) is 5.82 Å². The Morgan fingerprint density at radius 3 is 2.89 bits per heavy atom. The van der Waals surface area contributed by atoms with E-state index in [4.69, 9.17) is 10.3 Å². The lowest BCUT2D eigenvalue weighted by molar-refractivity contribution is 0.432. The number of anilines is 1. The van der Waals surface area contributed by atoms with Crippen LogP contribution in [0.1, 0.15) is 0 Å². The van der Waals surface area contributed by atoms with E-state index in [2.05, 4.69) is 31.1 Å². The van der Waals surface area contributed by atoms with Crippen molar-refractivity contribution in [3.8, 4) is 22.2 Å². The molecule has 0 amide bonds. The Labute approximate surface area is 115 Å². The largest absolute Gasteiger partial charge is 0.399 e. The molecule has 5 nitrogen and oxygen atoms in total. The van der Waals surface area contributed by atoms with Crippen molar-refractivity contribution in [3.63, 3.8) is 0 Å². The number of hydrogen-bond acceptors (Lipinski definition) is 6. The van der Waals surface area contributed by atoms with Gasteiger partial charge in [-0.15, -0.1) is 11.3 Å². The average molecular weight is 323 g/mol. The van der Waals surface area contributed by atoms with Gasteiger partial charge in [0.1, 0.15) is 0 Å². The predicted octanol–water partition coefficient (Wildman–Crippen LogP) is 3.20. The third-order valence-corrected chi connectivity index (χ3v) is 3.47. The highest BCUT2D eigenvalue weighted by molar-refractivity contribution is 9.10. The summed E-state index contributed by atoms with van der Waals surface area (Å²) in [7, 11) is 0. The molecule has 18 heavy (non-hydrogen) atoms. The Morgan fingerprint density at radius 2 is 2.17 bits per heavy atom. The summed E-state index contributed by atoms with van der Waals surface area (Å²) in [5.74, 6) is 0.970. The van der Waals surface area contributed by atoms with Gasteiger partial charge in [0.25, 0.3) is 5.89 Å². The van der Waals surface area contributed by atoms with Crippen molar-refractivity contribution < 1.29 is 4.52 Å². The van der Waals surface area contributed by atoms with Gasteiger partial charge in [-0.05, 0) is 18.2 Å². The maximum atomic E-state index is 5.77. The first-order chi connectivity index (χ1) is 8.72. The summed E-state index contributed by atoms with van der Waals surface area (Å²) in [6.07, 6.45) is 1.70. The van der Waals surface area contributed by atoms with Crippen LogP contribution >= 0.6 is 27.3 Å². The molecule has 0 saturated heterocycles. The molecule has 90 valence electrons. The fourth-order valence-electron chi connectivity index (χ4n) is 1.50. The lowest BCUT2D eigenvalue weighted by Gasteiger charge is -1.98. The molecule has 0 bridgehead atoms. The van der Waals surface area contributed by atoms with E-state index in [1.807, 2.05) is 12.1 Å². The summed E-state index contributed by atoms with van der Waals surface area (Å²) in [5.41, 5.74) is 8.91. The number of thiazole rings is 1. The number of aromatic nitrogens is 3. The van der Waals surface area contributed by atoms with Crippen molar-refractivity contribution in [1.82, 2.24) is 15.1 Å². The van der Waals surface area contributed by atoms with Crippen LogP contribution in [0.25, 0.3) is 22.2 Å². The molecule has 0 atom stereocenters. The molecule has 3 rings (SSSR count). The lowest BCUT2D eigenvalue weighted by Crippen LogP contribution is -1.86. The van der Waals surface area contributed by atoms with Gasteiger partial charge in [-0.25, -0.2) is 0 Å². The van der Waals surface area contributed by atoms with Gasteiger partial charge in [0.05, 0.1) is 10.4 Å². The van der Waals surface area contributed by atoms with Gasteiger partial charge in [-0.2, -0.15) is 4.98 Å². The molecule has 2 N–H and O–H groups in total. The first-order valence-corrected chi connectivity index (χ1v) is 6.68. The monoisotopic (exact) mass is 322 g/mol. The Kier molecular flexibility index (Phi) is 2.85. The summed E-state index contributed by atoms with van der Waals surface area (Å²) in [6.45, 7) is 0. The van der Waals surface area contributed by atoms with Crippen molar-refractivity contribution >= 4 is 33.0 Å². The molecule has 1 aromatic carbocycles. The molecule has 0 fully saturated rings. The highest BCUT2D eigenvalue weighted by Crippen LogP contribution is 2.27. The molecule has 7 heteroatoms. The van der Waals surface area contributed by atoms with Crippen molar-refractivity contribution in [2.45, 2.75) is 0 Å². The number of rotatable bonds is 2. The third-order valence-electron chi connectivity index (χ3n) is 2.25. The second-order valence-corrected chi connectivity index (χ2v) is 5.36. The molecule has 0 radical (unpaired) electrons. The summed E-state index contributed by atoms with van der Waals surface area (Å²) in [4.78, 5) is 9.17. The van der Waals surface area contributed by atoms with E-state index >= 15 is 0 Å².